The van der Waals surface area contributed by atoms with Crippen LogP contribution in [0.3, 0.4) is 0 Å². The number of likely N-dealkylation sites (tertiary alicyclic amines) is 1. The Hall–Kier alpha value is -1.98. The summed E-state index contributed by atoms with van der Waals surface area (Å²) in [5, 5.41) is 11.7. The Bertz CT molecular complexity index is 493. The normalized spacial score (nSPS) is 20.4. The zero-order valence-corrected chi connectivity index (χ0v) is 10.5. The van der Waals surface area contributed by atoms with Gasteiger partial charge in [0, 0.05) is 6.54 Å². The highest BCUT2D eigenvalue weighted by Gasteiger charge is 2.33. The first kappa shape index (κ1) is 12.5. The maximum absolute atomic E-state index is 12.4. The molecule has 2 heterocycles. The Labute approximate surface area is 105 Å². The predicted octanol–water partition coefficient (Wildman–Crippen LogP) is 1.25. The van der Waals surface area contributed by atoms with Gasteiger partial charge in [-0.1, -0.05) is 5.16 Å². The van der Waals surface area contributed by atoms with Crippen LogP contribution >= 0.6 is 0 Å². The van der Waals surface area contributed by atoms with E-state index in [1.54, 1.807) is 24.8 Å². The van der Waals surface area contributed by atoms with Gasteiger partial charge in [-0.15, -0.1) is 0 Å². The Morgan fingerprint density at radius 3 is 2.89 bits per heavy atom. The number of amides is 1. The second kappa shape index (κ2) is 4.72. The van der Waals surface area contributed by atoms with Crippen LogP contribution in [0.2, 0.25) is 0 Å². The lowest BCUT2D eigenvalue weighted by atomic mass is 10.1. The molecule has 0 aliphatic carbocycles. The number of nitrogens with two attached hydrogens (primary N) is 1. The van der Waals surface area contributed by atoms with Crippen LogP contribution in [-0.2, 0) is 0 Å². The Morgan fingerprint density at radius 2 is 2.33 bits per heavy atom. The summed E-state index contributed by atoms with van der Waals surface area (Å²) in [4.78, 5) is 14.0. The summed E-state index contributed by atoms with van der Waals surface area (Å²) >= 11 is 0. The highest BCUT2D eigenvalue weighted by Crippen LogP contribution is 2.23. The van der Waals surface area contributed by atoms with Crippen molar-refractivity contribution in [2.75, 3.05) is 6.54 Å². The van der Waals surface area contributed by atoms with Gasteiger partial charge in [0.2, 0.25) is 0 Å². The highest BCUT2D eigenvalue weighted by atomic mass is 16.4. The van der Waals surface area contributed by atoms with Gasteiger partial charge in [-0.25, -0.2) is 0 Å². The number of aryl methyl sites for hydroxylation is 2. The molecule has 0 saturated carbocycles. The van der Waals surface area contributed by atoms with Crippen LogP contribution in [0.1, 0.15) is 34.7 Å². The van der Waals surface area contributed by atoms with Crippen LogP contribution in [0.4, 0.5) is 0 Å². The average Bonchev–Trinajstić information content (AvgIpc) is 2.94. The van der Waals surface area contributed by atoms with Crippen molar-refractivity contribution in [1.82, 2.24) is 4.90 Å². The Morgan fingerprint density at radius 1 is 1.61 bits per heavy atom. The smallest absolute Gasteiger partial charge is 0.258 e. The second-order valence-corrected chi connectivity index (χ2v) is 4.51. The van der Waals surface area contributed by atoms with Gasteiger partial charge in [0.05, 0.1) is 11.6 Å². The first-order valence-electron chi connectivity index (χ1n) is 5.90. The fourth-order valence-corrected chi connectivity index (χ4v) is 2.38. The minimum absolute atomic E-state index is 0.0821. The Kier molecular flexibility index (Phi) is 3.27. The van der Waals surface area contributed by atoms with E-state index in [0.29, 0.717) is 23.6 Å². The molecule has 0 aromatic carbocycles. The molecule has 0 spiro atoms. The number of furan rings is 1. The van der Waals surface area contributed by atoms with E-state index in [4.69, 9.17) is 15.4 Å². The van der Waals surface area contributed by atoms with Crippen molar-refractivity contribution in [2.24, 2.45) is 10.9 Å². The van der Waals surface area contributed by atoms with Crippen LogP contribution in [0.15, 0.2) is 15.6 Å². The largest absolute Gasteiger partial charge is 0.466 e. The molecule has 18 heavy (non-hydrogen) atoms. The summed E-state index contributed by atoms with van der Waals surface area (Å²) in [6, 6.07) is 1.40. The van der Waals surface area contributed by atoms with Gasteiger partial charge in [0.25, 0.3) is 5.91 Å². The van der Waals surface area contributed by atoms with Crippen molar-refractivity contribution in [1.29, 1.82) is 0 Å². The first-order valence-corrected chi connectivity index (χ1v) is 5.90. The van der Waals surface area contributed by atoms with E-state index in [1.807, 2.05) is 0 Å². The van der Waals surface area contributed by atoms with Gasteiger partial charge in [-0.05, 0) is 32.8 Å². The van der Waals surface area contributed by atoms with Crippen molar-refractivity contribution in [2.45, 2.75) is 32.7 Å². The number of rotatable bonds is 2. The summed E-state index contributed by atoms with van der Waals surface area (Å²) in [5.74, 6) is 1.26. The van der Waals surface area contributed by atoms with Gasteiger partial charge in [-0.2, -0.15) is 0 Å². The Balaban J connectivity index is 2.26. The molecule has 6 nitrogen and oxygen atoms in total. The number of carbonyl (C=O) groups excluding carboxylic acids is 1. The molecule has 1 saturated heterocycles. The average molecular weight is 251 g/mol. The number of hydrogen-bond acceptors (Lipinski definition) is 4. The van der Waals surface area contributed by atoms with E-state index in [2.05, 4.69) is 5.16 Å². The second-order valence-electron chi connectivity index (χ2n) is 4.51. The van der Waals surface area contributed by atoms with Gasteiger partial charge >= 0.3 is 0 Å². The minimum Gasteiger partial charge on any atom is -0.466 e. The number of oxime groups is 1. The lowest BCUT2D eigenvalue weighted by Crippen LogP contribution is -2.43. The quantitative estimate of drug-likeness (QED) is 0.358. The molecule has 1 aliphatic heterocycles. The molecular weight excluding hydrogens is 234 g/mol. The van der Waals surface area contributed by atoms with Gasteiger partial charge in [0.15, 0.2) is 5.84 Å². The molecule has 1 aromatic rings. The lowest BCUT2D eigenvalue weighted by molar-refractivity contribution is 0.0766. The zero-order chi connectivity index (χ0) is 13.3. The highest BCUT2D eigenvalue weighted by molar-refractivity contribution is 5.99. The van der Waals surface area contributed by atoms with Crippen molar-refractivity contribution >= 4 is 11.7 Å². The van der Waals surface area contributed by atoms with E-state index in [-0.39, 0.29) is 17.8 Å². The predicted molar refractivity (Wildman–Crippen MR) is 65.6 cm³/mol. The molecule has 1 amide bonds. The molecule has 1 unspecified atom stereocenters. The summed E-state index contributed by atoms with van der Waals surface area (Å²) in [6.45, 7) is 4.17. The summed E-state index contributed by atoms with van der Waals surface area (Å²) < 4.78 is 5.36. The molecule has 1 aromatic heterocycles. The first-order chi connectivity index (χ1) is 8.54. The van der Waals surface area contributed by atoms with Crippen molar-refractivity contribution in [3.05, 3.63) is 23.2 Å². The van der Waals surface area contributed by atoms with Gasteiger partial charge in [0.1, 0.15) is 11.5 Å². The van der Waals surface area contributed by atoms with E-state index in [9.17, 15) is 4.79 Å². The van der Waals surface area contributed by atoms with E-state index < -0.39 is 0 Å². The van der Waals surface area contributed by atoms with Crippen molar-refractivity contribution < 1.29 is 14.4 Å². The van der Waals surface area contributed by atoms with Crippen LogP contribution in [0, 0.1) is 13.8 Å². The maximum Gasteiger partial charge on any atom is 0.258 e. The number of nitrogens with zero attached hydrogens (tertiary/aromatic N) is 2. The fourth-order valence-electron chi connectivity index (χ4n) is 2.38. The van der Waals surface area contributed by atoms with Gasteiger partial charge < -0.3 is 20.3 Å². The molecule has 1 fully saturated rings. The van der Waals surface area contributed by atoms with Crippen LogP contribution in [-0.4, -0.2) is 34.4 Å². The molecule has 0 bridgehead atoms. The number of amidine groups is 1. The third kappa shape index (κ3) is 2.05. The monoisotopic (exact) mass is 251 g/mol. The summed E-state index contributed by atoms with van der Waals surface area (Å²) in [7, 11) is 0. The zero-order valence-electron chi connectivity index (χ0n) is 10.5. The number of carbonyl (C=O) groups is 1. The van der Waals surface area contributed by atoms with Gasteiger partial charge in [-0.3, -0.25) is 4.79 Å². The van der Waals surface area contributed by atoms with Crippen molar-refractivity contribution in [3.63, 3.8) is 0 Å². The molecule has 1 atom stereocenters. The van der Waals surface area contributed by atoms with E-state index in [0.717, 1.165) is 12.8 Å². The van der Waals surface area contributed by atoms with Crippen molar-refractivity contribution in [3.8, 4) is 0 Å². The summed E-state index contributed by atoms with van der Waals surface area (Å²) in [5.41, 5.74) is 6.16. The molecule has 3 N–H and O–H groups in total. The van der Waals surface area contributed by atoms with Crippen LogP contribution < -0.4 is 5.73 Å². The molecular formula is C12H17N3O3. The third-order valence-electron chi connectivity index (χ3n) is 3.24. The topological polar surface area (TPSA) is 92.1 Å². The summed E-state index contributed by atoms with van der Waals surface area (Å²) in [6.07, 6.45) is 1.57. The number of hydrogen-bond donors (Lipinski definition) is 2. The SMILES string of the molecule is Cc1cc(C(=O)N2CCCC2C(N)=NO)c(C)o1. The minimum atomic E-state index is -0.322. The fraction of sp³-hybridized carbons (Fsp3) is 0.500. The molecule has 1 aliphatic rings. The third-order valence-corrected chi connectivity index (χ3v) is 3.24. The molecule has 98 valence electrons. The molecule has 6 heteroatoms. The standard InChI is InChI=1S/C12H17N3O3/c1-7-6-9(8(2)18-7)12(16)15-5-3-4-10(15)11(13)14-17/h6,10,17H,3-5H2,1-2H3,(H2,13,14). The van der Waals surface area contributed by atoms with Crippen LogP contribution in [0.5, 0.6) is 0 Å². The molecule has 0 radical (unpaired) electrons. The van der Waals surface area contributed by atoms with E-state index in [1.165, 1.54) is 0 Å². The van der Waals surface area contributed by atoms with Crippen LogP contribution in [0.25, 0.3) is 0 Å². The van der Waals surface area contributed by atoms with E-state index >= 15 is 0 Å². The lowest BCUT2D eigenvalue weighted by Gasteiger charge is -2.23. The maximum atomic E-state index is 12.4. The molecule has 2 rings (SSSR count).